The molecule has 2 fully saturated rings. The molecule has 2 heterocycles. The van der Waals surface area contributed by atoms with Gasteiger partial charge in [-0.1, -0.05) is 0 Å². The second-order valence-corrected chi connectivity index (χ2v) is 6.65. The Balaban J connectivity index is 2.00. The van der Waals surface area contributed by atoms with Crippen molar-refractivity contribution in [3.05, 3.63) is 0 Å². The van der Waals surface area contributed by atoms with E-state index in [1.807, 2.05) is 7.05 Å². The molecule has 0 aromatic rings. The van der Waals surface area contributed by atoms with Crippen LogP contribution in [0, 0.1) is 0 Å². The predicted octanol–water partition coefficient (Wildman–Crippen LogP) is -0.975. The number of rotatable bonds is 4. The number of sulfonamides is 1. The van der Waals surface area contributed by atoms with Gasteiger partial charge >= 0.3 is 0 Å². The van der Waals surface area contributed by atoms with Gasteiger partial charge in [0.05, 0.1) is 19.3 Å². The number of hydrogen-bond donors (Lipinski definition) is 1. The van der Waals surface area contributed by atoms with Gasteiger partial charge in [-0.15, -0.1) is 0 Å². The van der Waals surface area contributed by atoms with Crippen molar-refractivity contribution in [2.45, 2.75) is 17.8 Å². The maximum Gasteiger partial charge on any atom is 0.219 e. The monoisotopic (exact) mass is 264 g/mol. The number of hydrogen-bond acceptors (Lipinski definition) is 5. The topological polar surface area (TPSA) is 67.9 Å². The van der Waals surface area contributed by atoms with Gasteiger partial charge in [0.25, 0.3) is 0 Å². The molecule has 0 aromatic carbocycles. The van der Waals surface area contributed by atoms with Gasteiger partial charge in [0, 0.05) is 26.2 Å². The number of nitrogens with zero attached hydrogens (tertiary/aromatic N) is 1. The molecular weight excluding hydrogens is 244 g/mol. The highest BCUT2D eigenvalue weighted by Crippen LogP contribution is 2.20. The average Bonchev–Trinajstić information content (AvgIpc) is 2.84. The van der Waals surface area contributed by atoms with E-state index < -0.39 is 10.0 Å². The highest BCUT2D eigenvalue weighted by molar-refractivity contribution is 7.89. The number of likely N-dealkylation sites (N-methyl/N-ethyl adjacent to an activating group) is 1. The zero-order valence-corrected chi connectivity index (χ0v) is 10.9. The quantitative estimate of drug-likeness (QED) is 0.707. The summed E-state index contributed by atoms with van der Waals surface area (Å²) >= 11 is 0. The van der Waals surface area contributed by atoms with Crippen LogP contribution >= 0.6 is 0 Å². The summed E-state index contributed by atoms with van der Waals surface area (Å²) < 4.78 is 36.8. The SMILES string of the molecule is CNCC1CN(S(=O)(=O)C2CCOC2)CCO1. The summed E-state index contributed by atoms with van der Waals surface area (Å²) in [7, 11) is -1.38. The minimum atomic E-state index is -3.21. The Hall–Kier alpha value is -0.210. The third kappa shape index (κ3) is 2.97. The predicted molar refractivity (Wildman–Crippen MR) is 63.4 cm³/mol. The van der Waals surface area contributed by atoms with Crippen molar-refractivity contribution in [1.29, 1.82) is 0 Å². The van der Waals surface area contributed by atoms with Gasteiger partial charge in [-0.2, -0.15) is 4.31 Å². The van der Waals surface area contributed by atoms with Crippen LogP contribution in [0.1, 0.15) is 6.42 Å². The molecule has 0 spiro atoms. The Bertz CT molecular complexity index is 338. The molecule has 17 heavy (non-hydrogen) atoms. The van der Waals surface area contributed by atoms with Crippen molar-refractivity contribution in [1.82, 2.24) is 9.62 Å². The molecule has 7 heteroatoms. The van der Waals surface area contributed by atoms with Crippen LogP contribution in [0.2, 0.25) is 0 Å². The molecule has 2 saturated heterocycles. The molecule has 100 valence electrons. The second kappa shape index (κ2) is 5.62. The molecular formula is C10H20N2O4S. The lowest BCUT2D eigenvalue weighted by Crippen LogP contribution is -2.51. The molecule has 0 bridgehead atoms. The summed E-state index contributed by atoms with van der Waals surface area (Å²) in [4.78, 5) is 0. The van der Waals surface area contributed by atoms with Crippen molar-refractivity contribution < 1.29 is 17.9 Å². The van der Waals surface area contributed by atoms with Gasteiger partial charge in [-0.05, 0) is 13.5 Å². The third-order valence-electron chi connectivity index (χ3n) is 3.20. The lowest BCUT2D eigenvalue weighted by Gasteiger charge is -2.33. The van der Waals surface area contributed by atoms with E-state index in [4.69, 9.17) is 9.47 Å². The van der Waals surface area contributed by atoms with E-state index in [2.05, 4.69) is 5.32 Å². The first-order valence-electron chi connectivity index (χ1n) is 5.97. The number of morpholine rings is 1. The summed E-state index contributed by atoms with van der Waals surface area (Å²) in [5.41, 5.74) is 0. The van der Waals surface area contributed by atoms with Crippen molar-refractivity contribution in [3.8, 4) is 0 Å². The first-order valence-corrected chi connectivity index (χ1v) is 7.48. The van der Waals surface area contributed by atoms with E-state index in [0.717, 1.165) is 0 Å². The van der Waals surface area contributed by atoms with Gasteiger partial charge in [-0.25, -0.2) is 8.42 Å². The van der Waals surface area contributed by atoms with Crippen LogP contribution in [0.4, 0.5) is 0 Å². The van der Waals surface area contributed by atoms with E-state index >= 15 is 0 Å². The molecule has 0 radical (unpaired) electrons. The fraction of sp³-hybridized carbons (Fsp3) is 1.00. The van der Waals surface area contributed by atoms with Crippen LogP contribution < -0.4 is 5.32 Å². The van der Waals surface area contributed by atoms with E-state index in [1.165, 1.54) is 0 Å². The Morgan fingerprint density at radius 2 is 2.24 bits per heavy atom. The molecule has 1 N–H and O–H groups in total. The van der Waals surface area contributed by atoms with E-state index in [-0.39, 0.29) is 11.4 Å². The van der Waals surface area contributed by atoms with Crippen LogP contribution in [-0.2, 0) is 19.5 Å². The molecule has 0 aliphatic carbocycles. The maximum atomic E-state index is 12.3. The minimum Gasteiger partial charge on any atom is -0.380 e. The highest BCUT2D eigenvalue weighted by atomic mass is 32.2. The summed E-state index contributed by atoms with van der Waals surface area (Å²) in [5.74, 6) is 0. The zero-order chi connectivity index (χ0) is 12.3. The summed E-state index contributed by atoms with van der Waals surface area (Å²) in [6, 6.07) is 0. The third-order valence-corrected chi connectivity index (χ3v) is 5.47. The van der Waals surface area contributed by atoms with Crippen LogP contribution in [0.3, 0.4) is 0 Å². The maximum absolute atomic E-state index is 12.3. The van der Waals surface area contributed by atoms with Gasteiger partial charge in [-0.3, -0.25) is 0 Å². The van der Waals surface area contributed by atoms with Crippen molar-refractivity contribution in [2.24, 2.45) is 0 Å². The van der Waals surface area contributed by atoms with Crippen LogP contribution in [0.15, 0.2) is 0 Å². The van der Waals surface area contributed by atoms with Crippen molar-refractivity contribution in [2.75, 3.05) is 46.5 Å². The van der Waals surface area contributed by atoms with Crippen molar-refractivity contribution in [3.63, 3.8) is 0 Å². The molecule has 0 amide bonds. The fourth-order valence-electron chi connectivity index (χ4n) is 2.23. The van der Waals surface area contributed by atoms with E-state index in [9.17, 15) is 8.42 Å². The Morgan fingerprint density at radius 1 is 1.41 bits per heavy atom. The van der Waals surface area contributed by atoms with Gasteiger partial charge in [0.15, 0.2) is 0 Å². The molecule has 0 saturated carbocycles. The van der Waals surface area contributed by atoms with Gasteiger partial charge in [0.2, 0.25) is 10.0 Å². The van der Waals surface area contributed by atoms with Crippen LogP contribution in [0.25, 0.3) is 0 Å². The number of nitrogens with one attached hydrogen (secondary N) is 1. The summed E-state index contributed by atoms with van der Waals surface area (Å²) in [6.07, 6.45) is 0.557. The lowest BCUT2D eigenvalue weighted by molar-refractivity contribution is 0.000506. The minimum absolute atomic E-state index is 0.0501. The van der Waals surface area contributed by atoms with Gasteiger partial charge in [0.1, 0.15) is 5.25 Å². The Labute approximate surface area is 102 Å². The lowest BCUT2D eigenvalue weighted by atomic mass is 10.3. The average molecular weight is 264 g/mol. The Kier molecular flexibility index (Phi) is 4.37. The van der Waals surface area contributed by atoms with Gasteiger partial charge < -0.3 is 14.8 Å². The summed E-state index contributed by atoms with van der Waals surface area (Å²) in [5, 5.41) is 2.64. The molecule has 6 nitrogen and oxygen atoms in total. The van der Waals surface area contributed by atoms with Crippen LogP contribution in [0.5, 0.6) is 0 Å². The smallest absolute Gasteiger partial charge is 0.219 e. The summed E-state index contributed by atoms with van der Waals surface area (Å²) in [6.45, 7) is 2.93. The molecule has 2 unspecified atom stereocenters. The number of ether oxygens (including phenoxy) is 2. The standard InChI is InChI=1S/C10H20N2O4S/c1-11-6-9-7-12(3-5-16-9)17(13,14)10-2-4-15-8-10/h9-11H,2-8H2,1H3. The van der Waals surface area contributed by atoms with Crippen LogP contribution in [-0.4, -0.2) is 70.6 Å². The second-order valence-electron chi connectivity index (χ2n) is 4.44. The molecule has 2 aliphatic rings. The molecule has 2 atom stereocenters. The molecule has 0 aromatic heterocycles. The molecule has 2 rings (SSSR count). The fourth-order valence-corrected chi connectivity index (χ4v) is 4.02. The first kappa shape index (κ1) is 13.2. The van der Waals surface area contributed by atoms with Crippen molar-refractivity contribution >= 4 is 10.0 Å². The zero-order valence-electron chi connectivity index (χ0n) is 10.1. The normalized spacial score (nSPS) is 31.8. The highest BCUT2D eigenvalue weighted by Gasteiger charge is 2.37. The molecule has 2 aliphatic heterocycles. The Morgan fingerprint density at radius 3 is 2.88 bits per heavy atom. The van der Waals surface area contributed by atoms with E-state index in [1.54, 1.807) is 4.31 Å². The van der Waals surface area contributed by atoms with E-state index in [0.29, 0.717) is 45.9 Å². The first-order chi connectivity index (χ1) is 8.14. The largest absolute Gasteiger partial charge is 0.380 e.